The first kappa shape index (κ1) is 7.47. The molecule has 0 saturated heterocycles. The van der Waals surface area contributed by atoms with Gasteiger partial charge in [0.05, 0.1) is 0 Å². The summed E-state index contributed by atoms with van der Waals surface area (Å²) in [5.41, 5.74) is -0.0260. The minimum absolute atomic E-state index is 0. The summed E-state index contributed by atoms with van der Waals surface area (Å²) in [6.07, 6.45) is 1.70. The van der Waals surface area contributed by atoms with Crippen molar-refractivity contribution in [1.29, 1.82) is 0 Å². The van der Waals surface area contributed by atoms with Gasteiger partial charge in [-0.1, -0.05) is 6.92 Å². The van der Waals surface area contributed by atoms with Crippen molar-refractivity contribution in [3.05, 3.63) is 0 Å². The van der Waals surface area contributed by atoms with E-state index in [4.69, 9.17) is 0 Å². The van der Waals surface area contributed by atoms with Crippen LogP contribution < -0.4 is 5.32 Å². The van der Waals surface area contributed by atoms with E-state index in [2.05, 4.69) is 5.32 Å². The van der Waals surface area contributed by atoms with Gasteiger partial charge >= 0.3 is 0 Å². The molecule has 0 aliphatic carbocycles. The van der Waals surface area contributed by atoms with Gasteiger partial charge in [0, 0.05) is 6.97 Å². The smallest absolute Gasteiger partial charge is 0.207 e. The lowest BCUT2D eigenvalue weighted by molar-refractivity contribution is -0.110. The van der Waals surface area contributed by atoms with E-state index in [0.29, 0.717) is 0 Å². The first-order valence-corrected chi connectivity index (χ1v) is 2.84. The molecule has 50 valence electrons. The molecule has 2 nitrogen and oxygen atoms in total. The highest BCUT2D eigenvalue weighted by Crippen LogP contribution is 2.04. The molecule has 0 unspecified atom stereocenters. The Balaban J connectivity index is 0. The second-order valence-corrected chi connectivity index (χ2v) is 2.50. The number of carbonyl (C=O) groups excluding carboxylic acids is 1. The van der Waals surface area contributed by atoms with Crippen LogP contribution >= 0.6 is 0 Å². The molecule has 0 aromatic heterocycles. The fourth-order valence-corrected chi connectivity index (χ4v) is 0.262. The molecule has 0 fully saturated rings. The van der Waals surface area contributed by atoms with Gasteiger partial charge in [-0.05, 0) is 20.3 Å². The first-order valence-electron chi connectivity index (χ1n) is 2.84. The zero-order valence-electron chi connectivity index (χ0n) is 5.69. The number of rotatable bonds is 3. The quantitative estimate of drug-likeness (QED) is 0.552. The molecular weight excluding hydrogens is 102 g/mol. The molecule has 0 aromatic carbocycles. The Morgan fingerprint density at radius 3 is 2.38 bits per heavy atom. The summed E-state index contributed by atoms with van der Waals surface area (Å²) in [5, 5.41) is 2.69. The second kappa shape index (κ2) is 2.70. The van der Waals surface area contributed by atoms with E-state index in [1.807, 2.05) is 20.8 Å². The van der Waals surface area contributed by atoms with Crippen molar-refractivity contribution >= 4 is 6.41 Å². The van der Waals surface area contributed by atoms with Crippen LogP contribution in [0.2, 0.25) is 0 Å². The van der Waals surface area contributed by atoms with Crippen LogP contribution in [-0.4, -0.2) is 11.9 Å². The lowest BCUT2D eigenvalue weighted by atomic mass is 10.0. The van der Waals surface area contributed by atoms with Crippen LogP contribution in [0.1, 0.15) is 28.6 Å². The molecule has 0 rings (SSSR count). The predicted molar refractivity (Wildman–Crippen MR) is 35.7 cm³/mol. The van der Waals surface area contributed by atoms with Gasteiger partial charge in [-0.3, -0.25) is 4.79 Å². The zero-order chi connectivity index (χ0) is 6.62. The normalized spacial score (nSPS) is 10.9. The Kier molecular flexibility index (Phi) is 2.52. The third-order valence-electron chi connectivity index (χ3n) is 1.33. The summed E-state index contributed by atoms with van der Waals surface area (Å²) in [4.78, 5) is 9.87. The largest absolute Gasteiger partial charge is 0.354 e. The van der Waals surface area contributed by atoms with Crippen LogP contribution in [0.4, 0.5) is 0 Å². The van der Waals surface area contributed by atoms with Gasteiger partial charge in [0.25, 0.3) is 0 Å². The zero-order valence-corrected chi connectivity index (χ0v) is 5.69. The van der Waals surface area contributed by atoms with E-state index in [1.54, 1.807) is 0 Å². The van der Waals surface area contributed by atoms with Crippen LogP contribution in [0.5, 0.6) is 0 Å². The Hall–Kier alpha value is -0.530. The van der Waals surface area contributed by atoms with Crippen LogP contribution in [0.25, 0.3) is 0 Å². The topological polar surface area (TPSA) is 29.1 Å². The number of amides is 1. The molecule has 1 amide bonds. The van der Waals surface area contributed by atoms with Gasteiger partial charge in [-0.25, -0.2) is 0 Å². The van der Waals surface area contributed by atoms with E-state index < -0.39 is 0 Å². The first-order chi connectivity index (χ1) is 3.62. The number of hydrogen-bond acceptors (Lipinski definition) is 1. The Bertz CT molecular complexity index is 83.1. The maximum atomic E-state index is 9.87. The van der Waals surface area contributed by atoms with Gasteiger partial charge < -0.3 is 5.32 Å². The van der Waals surface area contributed by atoms with Crippen molar-refractivity contribution in [2.45, 2.75) is 32.7 Å². The monoisotopic (exact) mass is 117 g/mol. The second-order valence-electron chi connectivity index (χ2n) is 2.50. The molecule has 0 heterocycles. The molecule has 0 spiro atoms. The SMILES string of the molecule is CCC(C)(C)NC=O.[HH]. The average Bonchev–Trinajstić information content (AvgIpc) is 1.67. The number of nitrogens with one attached hydrogen (secondary N) is 1. The molecule has 0 radical (unpaired) electrons. The third kappa shape index (κ3) is 2.61. The van der Waals surface area contributed by atoms with Gasteiger partial charge in [0.2, 0.25) is 6.41 Å². The molecule has 0 atom stereocenters. The van der Waals surface area contributed by atoms with Crippen molar-refractivity contribution in [1.82, 2.24) is 5.32 Å². The van der Waals surface area contributed by atoms with Gasteiger partial charge in [0.1, 0.15) is 0 Å². The summed E-state index contributed by atoms with van der Waals surface area (Å²) in [6.45, 7) is 6.01. The van der Waals surface area contributed by atoms with E-state index >= 15 is 0 Å². The summed E-state index contributed by atoms with van der Waals surface area (Å²) in [7, 11) is 0. The van der Waals surface area contributed by atoms with Crippen molar-refractivity contribution in [3.63, 3.8) is 0 Å². The molecule has 0 aliphatic rings. The van der Waals surface area contributed by atoms with Crippen molar-refractivity contribution in [2.24, 2.45) is 0 Å². The molecule has 0 saturated carbocycles. The van der Waals surface area contributed by atoms with Crippen LogP contribution in [-0.2, 0) is 4.79 Å². The number of carbonyl (C=O) groups is 1. The highest BCUT2D eigenvalue weighted by Gasteiger charge is 2.10. The minimum atomic E-state index is -0.0260. The lowest BCUT2D eigenvalue weighted by Gasteiger charge is -2.20. The van der Waals surface area contributed by atoms with Gasteiger partial charge in [-0.2, -0.15) is 0 Å². The summed E-state index contributed by atoms with van der Waals surface area (Å²) in [6, 6.07) is 0. The molecule has 0 aliphatic heterocycles. The third-order valence-corrected chi connectivity index (χ3v) is 1.33. The van der Waals surface area contributed by atoms with Crippen molar-refractivity contribution in [2.75, 3.05) is 0 Å². The Labute approximate surface area is 51.8 Å². The maximum Gasteiger partial charge on any atom is 0.207 e. The fourth-order valence-electron chi connectivity index (χ4n) is 0.262. The minimum Gasteiger partial charge on any atom is -0.354 e. The van der Waals surface area contributed by atoms with Crippen molar-refractivity contribution in [3.8, 4) is 0 Å². The molecule has 8 heavy (non-hydrogen) atoms. The average molecular weight is 117 g/mol. The maximum absolute atomic E-state index is 9.87. The standard InChI is InChI=1S/C6H13NO.H2/c1-4-6(2,3)7-5-8;/h5H,4H2,1-3H3,(H,7,8);1H. The van der Waals surface area contributed by atoms with Crippen LogP contribution in [0.3, 0.4) is 0 Å². The van der Waals surface area contributed by atoms with E-state index in [-0.39, 0.29) is 6.97 Å². The highest BCUT2D eigenvalue weighted by molar-refractivity contribution is 5.47. The molecule has 0 bridgehead atoms. The summed E-state index contributed by atoms with van der Waals surface area (Å²) < 4.78 is 0. The summed E-state index contributed by atoms with van der Waals surface area (Å²) in [5.74, 6) is 0. The van der Waals surface area contributed by atoms with Crippen LogP contribution in [0, 0.1) is 0 Å². The highest BCUT2D eigenvalue weighted by atomic mass is 16.1. The molecule has 1 N–H and O–H groups in total. The van der Waals surface area contributed by atoms with Crippen molar-refractivity contribution < 1.29 is 6.22 Å². The number of hydrogen-bond donors (Lipinski definition) is 1. The van der Waals surface area contributed by atoms with E-state index in [9.17, 15) is 4.79 Å². The Morgan fingerprint density at radius 2 is 2.25 bits per heavy atom. The Morgan fingerprint density at radius 1 is 1.75 bits per heavy atom. The fraction of sp³-hybridized carbons (Fsp3) is 0.833. The van der Waals surface area contributed by atoms with Gasteiger partial charge in [-0.15, -0.1) is 0 Å². The van der Waals surface area contributed by atoms with E-state index in [0.717, 1.165) is 12.8 Å². The molecular formula is C6H15NO. The van der Waals surface area contributed by atoms with E-state index in [1.165, 1.54) is 0 Å². The molecule has 0 aromatic rings. The lowest BCUT2D eigenvalue weighted by Crippen LogP contribution is -2.37. The predicted octanol–water partition coefficient (Wildman–Crippen LogP) is 1.17. The van der Waals surface area contributed by atoms with Crippen LogP contribution in [0.15, 0.2) is 0 Å². The molecule has 2 heteroatoms. The van der Waals surface area contributed by atoms with Gasteiger partial charge in [0.15, 0.2) is 0 Å². The summed E-state index contributed by atoms with van der Waals surface area (Å²) >= 11 is 0.